The van der Waals surface area contributed by atoms with Gasteiger partial charge in [0.25, 0.3) is 0 Å². The first-order valence-electron chi connectivity index (χ1n) is 8.46. The van der Waals surface area contributed by atoms with Crippen LogP contribution >= 0.6 is 11.8 Å². The fraction of sp³-hybridized carbons (Fsp3) is 0.750. The highest BCUT2D eigenvalue weighted by Gasteiger charge is 2.39. The molecule has 4 N–H and O–H groups in total. The Balaban J connectivity index is 2.27. The number of amides is 3. The lowest BCUT2D eigenvalue weighted by Gasteiger charge is -2.15. The minimum atomic E-state index is -0.857. The molecule has 0 spiro atoms. The van der Waals surface area contributed by atoms with Crippen LogP contribution in [-0.2, 0) is 28.7 Å². The Morgan fingerprint density at radius 3 is 2.65 bits per heavy atom. The number of imide groups is 1. The summed E-state index contributed by atoms with van der Waals surface area (Å²) < 4.78 is 10.1. The van der Waals surface area contributed by atoms with Crippen LogP contribution in [0.5, 0.6) is 0 Å². The highest BCUT2D eigenvalue weighted by molar-refractivity contribution is 8.00. The van der Waals surface area contributed by atoms with Gasteiger partial charge >= 0.3 is 0 Å². The van der Waals surface area contributed by atoms with Crippen molar-refractivity contribution in [3.8, 4) is 0 Å². The molecule has 3 amide bonds. The predicted molar refractivity (Wildman–Crippen MR) is 96.3 cm³/mol. The first-order valence-corrected chi connectivity index (χ1v) is 9.50. The zero-order valence-corrected chi connectivity index (χ0v) is 15.8. The number of carbonyl (C=O) groups excluding carboxylic acids is 4. The number of carbonyl (C=O) groups is 4. The van der Waals surface area contributed by atoms with Crippen molar-refractivity contribution in [1.29, 1.82) is 0 Å². The average molecular weight is 389 g/mol. The summed E-state index contributed by atoms with van der Waals surface area (Å²) >= 11 is 1.14. The highest BCUT2D eigenvalue weighted by Crippen LogP contribution is 2.25. The fourth-order valence-corrected chi connectivity index (χ4v) is 3.43. The number of hydrogen-bond acceptors (Lipinski definition) is 8. The molecule has 0 aromatic heterocycles. The van der Waals surface area contributed by atoms with E-state index in [2.05, 4.69) is 0 Å². The molecule has 1 aliphatic heterocycles. The van der Waals surface area contributed by atoms with E-state index in [4.69, 9.17) is 20.9 Å². The molecule has 9 nitrogen and oxygen atoms in total. The largest absolute Gasteiger partial charge is 0.382 e. The molecular weight excluding hydrogens is 362 g/mol. The van der Waals surface area contributed by atoms with Crippen molar-refractivity contribution in [2.24, 2.45) is 11.5 Å². The van der Waals surface area contributed by atoms with Crippen LogP contribution in [0.4, 0.5) is 0 Å². The standard InChI is InChI=1S/C16H27N3O6S/c1-24-7-8-25-6-2-3-11(20)4-5-19-14(21)9-13(16(19)23)26-10-12(17)15(18)22/h12-13H,2-10,17H2,1H3,(H2,18,22). The van der Waals surface area contributed by atoms with Gasteiger partial charge < -0.3 is 20.9 Å². The minimum Gasteiger partial charge on any atom is -0.382 e. The fourth-order valence-electron chi connectivity index (χ4n) is 2.30. The van der Waals surface area contributed by atoms with Crippen molar-refractivity contribution in [1.82, 2.24) is 4.90 Å². The van der Waals surface area contributed by atoms with E-state index in [0.717, 1.165) is 16.7 Å². The molecule has 0 aliphatic carbocycles. The molecule has 2 atom stereocenters. The van der Waals surface area contributed by atoms with Crippen molar-refractivity contribution >= 4 is 35.3 Å². The molecular formula is C16H27N3O6S. The summed E-state index contributed by atoms with van der Waals surface area (Å²) in [4.78, 5) is 48.1. The molecule has 1 rings (SSSR count). The summed E-state index contributed by atoms with van der Waals surface area (Å²) in [6.07, 6.45) is 1.12. The summed E-state index contributed by atoms with van der Waals surface area (Å²) in [6.45, 7) is 1.55. The SMILES string of the molecule is COCCOCCCC(=O)CCN1C(=O)CC(SCC(N)C(N)=O)C1=O. The number of rotatable bonds is 14. The van der Waals surface area contributed by atoms with Crippen LogP contribution in [0.15, 0.2) is 0 Å². The molecule has 0 aromatic carbocycles. The molecule has 10 heteroatoms. The van der Waals surface area contributed by atoms with E-state index in [1.807, 2.05) is 0 Å². The van der Waals surface area contributed by atoms with Gasteiger partial charge in [-0.1, -0.05) is 0 Å². The minimum absolute atomic E-state index is 0.0206. The molecule has 0 aromatic rings. The zero-order chi connectivity index (χ0) is 19.5. The maximum atomic E-state index is 12.3. The Kier molecular flexibility index (Phi) is 10.4. The van der Waals surface area contributed by atoms with Gasteiger partial charge in [0.2, 0.25) is 17.7 Å². The number of likely N-dealkylation sites (tertiary alicyclic amines) is 1. The van der Waals surface area contributed by atoms with Crippen LogP contribution in [0.25, 0.3) is 0 Å². The van der Waals surface area contributed by atoms with E-state index < -0.39 is 17.2 Å². The lowest BCUT2D eigenvalue weighted by Crippen LogP contribution is -2.39. The van der Waals surface area contributed by atoms with Crippen molar-refractivity contribution in [3.05, 3.63) is 0 Å². The molecule has 0 radical (unpaired) electrons. The second kappa shape index (κ2) is 12.0. The second-order valence-corrected chi connectivity index (χ2v) is 7.15. The van der Waals surface area contributed by atoms with Gasteiger partial charge in [-0.25, -0.2) is 0 Å². The molecule has 0 saturated carbocycles. The van der Waals surface area contributed by atoms with E-state index in [0.29, 0.717) is 32.7 Å². The van der Waals surface area contributed by atoms with Gasteiger partial charge in [-0.15, -0.1) is 11.8 Å². The van der Waals surface area contributed by atoms with Crippen molar-refractivity contribution in [2.45, 2.75) is 37.0 Å². The molecule has 1 aliphatic rings. The number of nitrogens with zero attached hydrogens (tertiary/aromatic N) is 1. The lowest BCUT2D eigenvalue weighted by molar-refractivity contribution is -0.138. The van der Waals surface area contributed by atoms with Gasteiger partial charge in [0.15, 0.2) is 0 Å². The molecule has 2 unspecified atom stereocenters. The zero-order valence-electron chi connectivity index (χ0n) is 15.0. The summed E-state index contributed by atoms with van der Waals surface area (Å²) in [5, 5.41) is -0.572. The summed E-state index contributed by atoms with van der Waals surface area (Å²) in [5.74, 6) is -1.14. The predicted octanol–water partition coefficient (Wildman–Crippen LogP) is -0.938. The Bertz CT molecular complexity index is 516. The van der Waals surface area contributed by atoms with Crippen molar-refractivity contribution in [3.63, 3.8) is 0 Å². The van der Waals surface area contributed by atoms with Gasteiger partial charge in [0.05, 0.1) is 24.5 Å². The van der Waals surface area contributed by atoms with Gasteiger partial charge in [-0.05, 0) is 6.42 Å². The third-order valence-electron chi connectivity index (χ3n) is 3.84. The first-order chi connectivity index (χ1) is 12.4. The molecule has 26 heavy (non-hydrogen) atoms. The van der Waals surface area contributed by atoms with Crippen LogP contribution in [-0.4, -0.2) is 78.9 Å². The number of ether oxygens (including phenoxy) is 2. The molecule has 148 valence electrons. The quantitative estimate of drug-likeness (QED) is 0.286. The van der Waals surface area contributed by atoms with Crippen molar-refractivity contribution < 1.29 is 28.7 Å². The van der Waals surface area contributed by atoms with Crippen LogP contribution in [0.3, 0.4) is 0 Å². The number of nitrogens with two attached hydrogens (primary N) is 2. The van der Waals surface area contributed by atoms with Gasteiger partial charge in [0.1, 0.15) is 5.78 Å². The molecule has 1 heterocycles. The normalized spacial score (nSPS) is 18.4. The Morgan fingerprint density at radius 1 is 1.27 bits per heavy atom. The van der Waals surface area contributed by atoms with Gasteiger partial charge in [-0.2, -0.15) is 0 Å². The second-order valence-electron chi connectivity index (χ2n) is 5.92. The smallest absolute Gasteiger partial charge is 0.242 e. The number of ketones is 1. The molecule has 1 fully saturated rings. The number of methoxy groups -OCH3 is 1. The molecule has 1 saturated heterocycles. The highest BCUT2D eigenvalue weighted by atomic mass is 32.2. The topological polar surface area (TPSA) is 142 Å². The van der Waals surface area contributed by atoms with E-state index >= 15 is 0 Å². The average Bonchev–Trinajstić information content (AvgIpc) is 2.87. The number of Topliss-reactive ketones (excluding diaryl/α,β-unsaturated/α-hetero) is 1. The van der Waals surface area contributed by atoms with Crippen LogP contribution in [0.2, 0.25) is 0 Å². The lowest BCUT2D eigenvalue weighted by atomic mass is 10.1. The van der Waals surface area contributed by atoms with E-state index in [9.17, 15) is 19.2 Å². The number of hydrogen-bond donors (Lipinski definition) is 2. The van der Waals surface area contributed by atoms with Crippen LogP contribution in [0.1, 0.15) is 25.7 Å². The molecule has 0 bridgehead atoms. The van der Waals surface area contributed by atoms with Crippen molar-refractivity contribution in [2.75, 3.05) is 39.2 Å². The third-order valence-corrected chi connectivity index (χ3v) is 5.16. The van der Waals surface area contributed by atoms with E-state index in [1.165, 1.54) is 0 Å². The monoisotopic (exact) mass is 389 g/mol. The van der Waals surface area contributed by atoms with Crippen LogP contribution in [0, 0.1) is 0 Å². The third kappa shape index (κ3) is 7.81. The maximum absolute atomic E-state index is 12.3. The number of primary amides is 1. The summed E-state index contributed by atoms with van der Waals surface area (Å²) in [7, 11) is 1.59. The van der Waals surface area contributed by atoms with Gasteiger partial charge in [-0.3, -0.25) is 24.1 Å². The van der Waals surface area contributed by atoms with Gasteiger partial charge in [0, 0.05) is 45.3 Å². The van der Waals surface area contributed by atoms with E-state index in [-0.39, 0.29) is 42.7 Å². The Labute approximate surface area is 157 Å². The van der Waals surface area contributed by atoms with E-state index in [1.54, 1.807) is 7.11 Å². The Hall–Kier alpha value is -1.49. The first kappa shape index (κ1) is 22.6. The summed E-state index contributed by atoms with van der Waals surface area (Å²) in [5.41, 5.74) is 10.6. The summed E-state index contributed by atoms with van der Waals surface area (Å²) in [6, 6.07) is -0.857. The Morgan fingerprint density at radius 2 is 2.00 bits per heavy atom. The van der Waals surface area contributed by atoms with Crippen LogP contribution < -0.4 is 11.5 Å². The number of thioether (sulfide) groups is 1. The maximum Gasteiger partial charge on any atom is 0.242 e.